The van der Waals surface area contributed by atoms with E-state index in [0.717, 1.165) is 4.57 Å². The number of nitrogens with zero attached hydrogens (tertiary/aromatic N) is 1. The summed E-state index contributed by atoms with van der Waals surface area (Å²) in [5.74, 6) is -0.773. The minimum atomic E-state index is -3.61. The van der Waals surface area contributed by atoms with Crippen LogP contribution < -0.4 is 16.4 Å². The summed E-state index contributed by atoms with van der Waals surface area (Å²) >= 11 is 0. The molecule has 0 aliphatic carbocycles. The number of primary sulfonamides is 1. The summed E-state index contributed by atoms with van der Waals surface area (Å²) in [6, 6.07) is 0. The summed E-state index contributed by atoms with van der Waals surface area (Å²) in [4.78, 5) is 24.4. The second-order valence-corrected chi connectivity index (χ2v) is 5.31. The molecular weight excluding hydrogens is 250 g/mol. The molecule has 0 bridgehead atoms. The first kappa shape index (κ1) is 13.5. The lowest BCUT2D eigenvalue weighted by Crippen LogP contribution is -2.32. The zero-order chi connectivity index (χ0) is 13.2. The van der Waals surface area contributed by atoms with Gasteiger partial charge in [0, 0.05) is 6.54 Å². The third-order valence-corrected chi connectivity index (χ3v) is 3.07. The first-order chi connectivity index (χ1) is 7.72. The van der Waals surface area contributed by atoms with Crippen LogP contribution in [0.1, 0.15) is 12.0 Å². The van der Waals surface area contributed by atoms with Crippen molar-refractivity contribution < 1.29 is 13.5 Å². The highest BCUT2D eigenvalue weighted by molar-refractivity contribution is 7.89. The number of aromatic nitrogens is 2. The zero-order valence-corrected chi connectivity index (χ0v) is 9.95. The van der Waals surface area contributed by atoms with Crippen molar-refractivity contribution in [2.24, 2.45) is 5.14 Å². The predicted octanol–water partition coefficient (Wildman–Crippen LogP) is -1.77. The van der Waals surface area contributed by atoms with Gasteiger partial charge in [0.15, 0.2) is 0 Å². The van der Waals surface area contributed by atoms with Crippen LogP contribution in [0.15, 0.2) is 9.59 Å². The maximum Gasteiger partial charge on any atom is 0.331 e. The molecule has 0 radical (unpaired) electrons. The van der Waals surface area contributed by atoms with Crippen molar-refractivity contribution >= 4 is 10.0 Å². The molecule has 8 nitrogen and oxygen atoms in total. The Morgan fingerprint density at radius 1 is 1.41 bits per heavy atom. The Balaban J connectivity index is 2.97. The molecule has 0 spiro atoms. The lowest BCUT2D eigenvalue weighted by Gasteiger charge is -2.08. The van der Waals surface area contributed by atoms with Gasteiger partial charge in [0.05, 0.1) is 11.3 Å². The van der Waals surface area contributed by atoms with E-state index in [4.69, 9.17) is 5.14 Å². The Morgan fingerprint density at radius 2 is 2.00 bits per heavy atom. The van der Waals surface area contributed by atoms with Crippen LogP contribution >= 0.6 is 0 Å². The van der Waals surface area contributed by atoms with Crippen LogP contribution in [-0.2, 0) is 16.6 Å². The van der Waals surface area contributed by atoms with Crippen LogP contribution in [0.2, 0.25) is 0 Å². The second-order valence-electron chi connectivity index (χ2n) is 3.58. The molecule has 9 heteroatoms. The van der Waals surface area contributed by atoms with Gasteiger partial charge in [-0.25, -0.2) is 18.4 Å². The smallest absolute Gasteiger partial charge is 0.331 e. The van der Waals surface area contributed by atoms with E-state index in [1.54, 1.807) is 0 Å². The molecule has 0 saturated carbocycles. The predicted molar refractivity (Wildman–Crippen MR) is 60.3 cm³/mol. The van der Waals surface area contributed by atoms with Crippen molar-refractivity contribution in [3.05, 3.63) is 26.4 Å². The first-order valence-electron chi connectivity index (χ1n) is 4.75. The Bertz CT molecular complexity index is 628. The van der Waals surface area contributed by atoms with Crippen molar-refractivity contribution in [1.82, 2.24) is 9.55 Å². The Morgan fingerprint density at radius 3 is 2.53 bits per heavy atom. The molecule has 1 aromatic heterocycles. The van der Waals surface area contributed by atoms with Crippen LogP contribution in [0.3, 0.4) is 0 Å². The summed E-state index contributed by atoms with van der Waals surface area (Å²) < 4.78 is 22.3. The minimum Gasteiger partial charge on any atom is -0.494 e. The lowest BCUT2D eigenvalue weighted by atomic mass is 10.3. The summed E-state index contributed by atoms with van der Waals surface area (Å²) in [5.41, 5.74) is -1.46. The second kappa shape index (κ2) is 4.72. The maximum atomic E-state index is 11.3. The standard InChI is InChI=1S/C8H13N3O5S/c1-5-6(12)10-8(14)11(7(5)13)3-2-4-17(9,15)16/h13H,2-4H2,1H3,(H2,9,15,16)(H,10,12,14). The van der Waals surface area contributed by atoms with Crippen molar-refractivity contribution in [3.8, 4) is 5.88 Å². The average molecular weight is 263 g/mol. The molecule has 96 valence electrons. The average Bonchev–Trinajstić information content (AvgIpc) is 2.18. The normalized spacial score (nSPS) is 11.6. The third-order valence-electron chi connectivity index (χ3n) is 2.21. The largest absolute Gasteiger partial charge is 0.494 e. The van der Waals surface area contributed by atoms with E-state index >= 15 is 0 Å². The highest BCUT2D eigenvalue weighted by Crippen LogP contribution is 2.08. The molecule has 0 aromatic carbocycles. The molecule has 0 fully saturated rings. The molecule has 0 saturated heterocycles. The number of H-pyrrole nitrogens is 1. The monoisotopic (exact) mass is 263 g/mol. The van der Waals surface area contributed by atoms with Gasteiger partial charge in [-0.3, -0.25) is 14.3 Å². The van der Waals surface area contributed by atoms with Crippen molar-refractivity contribution in [3.63, 3.8) is 0 Å². The summed E-state index contributed by atoms with van der Waals surface area (Å²) in [7, 11) is -3.61. The fourth-order valence-electron chi connectivity index (χ4n) is 1.29. The van der Waals surface area contributed by atoms with E-state index in [-0.39, 0.29) is 24.3 Å². The Labute approximate surface area is 96.8 Å². The highest BCUT2D eigenvalue weighted by atomic mass is 32.2. The fourth-order valence-corrected chi connectivity index (χ4v) is 1.82. The molecule has 0 amide bonds. The molecule has 0 aliphatic rings. The number of nitrogens with one attached hydrogen (secondary N) is 1. The van der Waals surface area contributed by atoms with Crippen molar-refractivity contribution in [2.45, 2.75) is 19.9 Å². The number of hydrogen-bond donors (Lipinski definition) is 3. The van der Waals surface area contributed by atoms with Crippen LogP contribution in [0.5, 0.6) is 5.88 Å². The van der Waals surface area contributed by atoms with Gasteiger partial charge in [-0.15, -0.1) is 0 Å². The number of sulfonamides is 1. The van der Waals surface area contributed by atoms with Crippen LogP contribution in [0.4, 0.5) is 0 Å². The first-order valence-corrected chi connectivity index (χ1v) is 6.47. The van der Waals surface area contributed by atoms with E-state index in [1.807, 2.05) is 4.98 Å². The molecule has 1 aromatic rings. The molecule has 1 rings (SSSR count). The van der Waals surface area contributed by atoms with E-state index in [1.165, 1.54) is 6.92 Å². The SMILES string of the molecule is Cc1c(O)n(CCCS(N)(=O)=O)c(=O)[nH]c1=O. The van der Waals surface area contributed by atoms with Gasteiger partial charge < -0.3 is 5.11 Å². The number of rotatable bonds is 4. The van der Waals surface area contributed by atoms with Crippen LogP contribution in [0, 0.1) is 6.92 Å². The van der Waals surface area contributed by atoms with Gasteiger partial charge in [0.25, 0.3) is 5.56 Å². The zero-order valence-electron chi connectivity index (χ0n) is 9.13. The summed E-state index contributed by atoms with van der Waals surface area (Å²) in [5, 5.41) is 14.3. The summed E-state index contributed by atoms with van der Waals surface area (Å²) in [6.07, 6.45) is 0.0672. The molecule has 0 atom stereocenters. The summed E-state index contributed by atoms with van der Waals surface area (Å²) in [6.45, 7) is 1.31. The number of aromatic hydroxyl groups is 1. The molecule has 0 unspecified atom stereocenters. The highest BCUT2D eigenvalue weighted by Gasteiger charge is 2.11. The number of nitrogens with two attached hydrogens (primary N) is 1. The van der Waals surface area contributed by atoms with Gasteiger partial charge in [0.2, 0.25) is 15.9 Å². The van der Waals surface area contributed by atoms with Gasteiger partial charge in [0.1, 0.15) is 0 Å². The minimum absolute atomic E-state index is 0.000190. The van der Waals surface area contributed by atoms with Gasteiger partial charge in [-0.1, -0.05) is 0 Å². The van der Waals surface area contributed by atoms with E-state index in [2.05, 4.69) is 0 Å². The van der Waals surface area contributed by atoms with Crippen molar-refractivity contribution in [2.75, 3.05) is 5.75 Å². The molecule has 1 heterocycles. The van der Waals surface area contributed by atoms with Crippen LogP contribution in [0.25, 0.3) is 0 Å². The van der Waals surface area contributed by atoms with Gasteiger partial charge in [-0.2, -0.15) is 0 Å². The molecule has 17 heavy (non-hydrogen) atoms. The van der Waals surface area contributed by atoms with E-state index in [0.29, 0.717) is 0 Å². The Kier molecular flexibility index (Phi) is 3.73. The van der Waals surface area contributed by atoms with E-state index < -0.39 is 27.2 Å². The number of aromatic amines is 1. The third kappa shape index (κ3) is 3.43. The quantitative estimate of drug-likeness (QED) is 0.590. The van der Waals surface area contributed by atoms with Crippen LogP contribution in [-0.4, -0.2) is 28.8 Å². The fraction of sp³-hybridized carbons (Fsp3) is 0.500. The molecule has 0 aliphatic heterocycles. The maximum absolute atomic E-state index is 11.3. The van der Waals surface area contributed by atoms with Crippen molar-refractivity contribution in [1.29, 1.82) is 0 Å². The van der Waals surface area contributed by atoms with E-state index in [9.17, 15) is 23.1 Å². The molecule has 4 N–H and O–H groups in total. The number of hydrogen-bond acceptors (Lipinski definition) is 5. The van der Waals surface area contributed by atoms with Gasteiger partial charge >= 0.3 is 5.69 Å². The lowest BCUT2D eigenvalue weighted by molar-refractivity contribution is 0.394. The van der Waals surface area contributed by atoms with Gasteiger partial charge in [-0.05, 0) is 13.3 Å². The molecular formula is C8H13N3O5S. The topological polar surface area (TPSA) is 135 Å². The Hall–Kier alpha value is -1.61.